The Morgan fingerprint density at radius 3 is 2.81 bits per heavy atom. The fraction of sp³-hybridized carbons (Fsp3) is 0.562. The van der Waals surface area contributed by atoms with Crippen molar-refractivity contribution in [2.24, 2.45) is 5.92 Å². The van der Waals surface area contributed by atoms with E-state index in [0.29, 0.717) is 5.92 Å². The number of hydrogen-bond donors (Lipinski definition) is 2. The van der Waals surface area contributed by atoms with Crippen molar-refractivity contribution >= 4 is 6.03 Å². The van der Waals surface area contributed by atoms with Crippen molar-refractivity contribution < 1.29 is 14.3 Å². The normalized spacial score (nSPS) is 16.7. The summed E-state index contributed by atoms with van der Waals surface area (Å²) in [6.07, 6.45) is 4.40. The van der Waals surface area contributed by atoms with Crippen molar-refractivity contribution in [2.75, 3.05) is 20.2 Å². The van der Waals surface area contributed by atoms with Gasteiger partial charge in [-0.15, -0.1) is 0 Å². The molecular formula is C16H23FN2O2. The zero-order valence-corrected chi connectivity index (χ0v) is 12.4. The van der Waals surface area contributed by atoms with E-state index in [1.807, 2.05) is 6.07 Å². The van der Waals surface area contributed by atoms with Crippen molar-refractivity contribution in [3.05, 3.63) is 35.6 Å². The van der Waals surface area contributed by atoms with Crippen LogP contribution in [0.15, 0.2) is 24.3 Å². The molecule has 1 aromatic carbocycles. The predicted molar refractivity (Wildman–Crippen MR) is 79.3 cm³/mol. The van der Waals surface area contributed by atoms with Crippen LogP contribution in [0.4, 0.5) is 9.18 Å². The Hall–Kier alpha value is -1.62. The molecule has 0 aliphatic heterocycles. The molecule has 1 saturated carbocycles. The van der Waals surface area contributed by atoms with Gasteiger partial charge in [-0.1, -0.05) is 25.0 Å². The molecule has 0 radical (unpaired) electrons. The number of aliphatic hydroxyl groups is 1. The highest BCUT2D eigenvalue weighted by Crippen LogP contribution is 2.36. The predicted octanol–water partition coefficient (Wildman–Crippen LogP) is 2.69. The van der Waals surface area contributed by atoms with Crippen molar-refractivity contribution in [1.82, 2.24) is 10.2 Å². The molecule has 1 aliphatic carbocycles. The molecule has 0 saturated heterocycles. The molecule has 21 heavy (non-hydrogen) atoms. The van der Waals surface area contributed by atoms with Gasteiger partial charge in [-0.2, -0.15) is 0 Å². The highest BCUT2D eigenvalue weighted by molar-refractivity contribution is 5.74. The second-order valence-corrected chi connectivity index (χ2v) is 5.67. The zero-order valence-electron chi connectivity index (χ0n) is 12.4. The first-order chi connectivity index (χ1) is 10.1. The number of rotatable bonds is 5. The topological polar surface area (TPSA) is 52.6 Å². The van der Waals surface area contributed by atoms with Gasteiger partial charge in [-0.05, 0) is 36.5 Å². The maximum Gasteiger partial charge on any atom is 0.317 e. The van der Waals surface area contributed by atoms with Crippen molar-refractivity contribution in [1.29, 1.82) is 0 Å². The van der Waals surface area contributed by atoms with Gasteiger partial charge in [0.2, 0.25) is 0 Å². The monoisotopic (exact) mass is 294 g/mol. The number of amides is 2. The highest BCUT2D eigenvalue weighted by atomic mass is 19.1. The Balaban J connectivity index is 2.14. The summed E-state index contributed by atoms with van der Waals surface area (Å²) in [6, 6.07) is 6.04. The second-order valence-electron chi connectivity index (χ2n) is 5.67. The van der Waals surface area contributed by atoms with Crippen LogP contribution < -0.4 is 5.32 Å². The quantitative estimate of drug-likeness (QED) is 0.877. The lowest BCUT2D eigenvalue weighted by molar-refractivity contribution is 0.182. The molecule has 0 bridgehead atoms. The molecule has 5 heteroatoms. The van der Waals surface area contributed by atoms with Crippen LogP contribution in [0.2, 0.25) is 0 Å². The number of hydrogen-bond acceptors (Lipinski definition) is 2. The van der Waals surface area contributed by atoms with Crippen LogP contribution in [0.1, 0.15) is 37.3 Å². The highest BCUT2D eigenvalue weighted by Gasteiger charge is 2.28. The Kier molecular flexibility index (Phi) is 5.56. The van der Waals surface area contributed by atoms with Crippen LogP contribution in [0.5, 0.6) is 0 Å². The summed E-state index contributed by atoms with van der Waals surface area (Å²) in [4.78, 5) is 13.6. The first kappa shape index (κ1) is 15.8. The molecule has 2 N–H and O–H groups in total. The first-order valence-corrected chi connectivity index (χ1v) is 7.49. The molecule has 1 unspecified atom stereocenters. The number of nitrogens with zero attached hydrogens (tertiary/aromatic N) is 1. The van der Waals surface area contributed by atoms with Gasteiger partial charge in [0.05, 0.1) is 12.6 Å². The Morgan fingerprint density at radius 1 is 1.48 bits per heavy atom. The molecule has 0 spiro atoms. The summed E-state index contributed by atoms with van der Waals surface area (Å²) in [5.41, 5.74) is 0.813. The van der Waals surface area contributed by atoms with Gasteiger partial charge < -0.3 is 15.3 Å². The maximum atomic E-state index is 13.5. The summed E-state index contributed by atoms with van der Waals surface area (Å²) in [6.45, 7) is 0.213. The first-order valence-electron chi connectivity index (χ1n) is 7.49. The molecule has 2 rings (SSSR count). The van der Waals surface area contributed by atoms with Gasteiger partial charge in [-0.25, -0.2) is 9.18 Å². The molecule has 4 nitrogen and oxygen atoms in total. The lowest BCUT2D eigenvalue weighted by Gasteiger charge is -2.28. The zero-order chi connectivity index (χ0) is 15.2. The fourth-order valence-corrected chi connectivity index (χ4v) is 2.96. The number of aliphatic hydroxyl groups excluding tert-OH is 1. The van der Waals surface area contributed by atoms with Crippen molar-refractivity contribution in [2.45, 2.75) is 31.7 Å². The van der Waals surface area contributed by atoms with E-state index < -0.39 is 0 Å². The van der Waals surface area contributed by atoms with E-state index in [1.165, 1.54) is 17.0 Å². The largest absolute Gasteiger partial charge is 0.395 e. The number of carbonyl (C=O) groups is 1. The lowest BCUT2D eigenvalue weighted by Crippen LogP contribution is -2.42. The van der Waals surface area contributed by atoms with E-state index in [4.69, 9.17) is 5.11 Å². The molecule has 0 aromatic heterocycles. The third kappa shape index (κ3) is 4.17. The number of likely N-dealkylation sites (N-methyl/N-ethyl adjacent to an activating group) is 1. The van der Waals surface area contributed by atoms with Gasteiger partial charge in [0.1, 0.15) is 5.82 Å². The average Bonchev–Trinajstić information content (AvgIpc) is 2.98. The second kappa shape index (κ2) is 7.41. The van der Waals surface area contributed by atoms with Crippen LogP contribution in [0.25, 0.3) is 0 Å². The number of halogens is 1. The summed E-state index contributed by atoms with van der Waals surface area (Å²) in [5, 5.41) is 11.9. The van der Waals surface area contributed by atoms with E-state index in [-0.39, 0.29) is 31.0 Å². The summed E-state index contributed by atoms with van der Waals surface area (Å²) < 4.78 is 13.5. The van der Waals surface area contributed by atoms with E-state index in [1.54, 1.807) is 13.1 Å². The van der Waals surface area contributed by atoms with Crippen LogP contribution in [-0.4, -0.2) is 36.2 Å². The third-order valence-corrected chi connectivity index (χ3v) is 4.14. The van der Waals surface area contributed by atoms with E-state index >= 15 is 0 Å². The average molecular weight is 294 g/mol. The fourth-order valence-electron chi connectivity index (χ4n) is 2.96. The SMILES string of the molecule is CN(CCO)C(=O)NC(c1cccc(F)c1)C1CCCC1. The van der Waals surface area contributed by atoms with Gasteiger partial charge in [0.15, 0.2) is 0 Å². The van der Waals surface area contributed by atoms with Crippen molar-refractivity contribution in [3.8, 4) is 0 Å². The molecular weight excluding hydrogens is 271 g/mol. The molecule has 1 aliphatic rings. The van der Waals surface area contributed by atoms with Crippen LogP contribution in [0, 0.1) is 11.7 Å². The van der Waals surface area contributed by atoms with Crippen LogP contribution >= 0.6 is 0 Å². The van der Waals surface area contributed by atoms with Gasteiger partial charge in [0.25, 0.3) is 0 Å². The van der Waals surface area contributed by atoms with Crippen LogP contribution in [-0.2, 0) is 0 Å². The molecule has 2 amide bonds. The van der Waals surface area contributed by atoms with Gasteiger partial charge in [0, 0.05) is 13.6 Å². The number of carbonyl (C=O) groups excluding carboxylic acids is 1. The summed E-state index contributed by atoms with van der Waals surface area (Å²) in [7, 11) is 1.64. The molecule has 1 aromatic rings. The number of nitrogens with one attached hydrogen (secondary N) is 1. The minimum atomic E-state index is -0.284. The maximum absolute atomic E-state index is 13.5. The molecule has 1 atom stereocenters. The lowest BCUT2D eigenvalue weighted by atomic mass is 9.91. The standard InChI is InChI=1S/C16H23FN2O2/c1-19(9-10-20)16(21)18-15(12-5-2-3-6-12)13-7-4-8-14(17)11-13/h4,7-8,11-12,15,20H,2-3,5-6,9-10H2,1H3,(H,18,21). The molecule has 116 valence electrons. The summed E-state index contributed by atoms with van der Waals surface area (Å²) in [5.74, 6) is 0.0618. The van der Waals surface area contributed by atoms with Crippen molar-refractivity contribution in [3.63, 3.8) is 0 Å². The smallest absolute Gasteiger partial charge is 0.317 e. The van der Waals surface area contributed by atoms with E-state index in [0.717, 1.165) is 31.2 Å². The number of benzene rings is 1. The molecule has 0 heterocycles. The Labute approximate surface area is 125 Å². The Bertz CT molecular complexity index is 475. The third-order valence-electron chi connectivity index (χ3n) is 4.14. The number of urea groups is 1. The van der Waals surface area contributed by atoms with Gasteiger partial charge >= 0.3 is 6.03 Å². The van der Waals surface area contributed by atoms with Crippen LogP contribution in [0.3, 0.4) is 0 Å². The van der Waals surface area contributed by atoms with E-state index in [9.17, 15) is 9.18 Å². The Morgan fingerprint density at radius 2 is 2.19 bits per heavy atom. The molecule has 1 fully saturated rings. The summed E-state index contributed by atoms with van der Waals surface area (Å²) >= 11 is 0. The van der Waals surface area contributed by atoms with Gasteiger partial charge in [-0.3, -0.25) is 0 Å². The minimum absolute atomic E-state index is 0.0714. The minimum Gasteiger partial charge on any atom is -0.395 e. The van der Waals surface area contributed by atoms with E-state index in [2.05, 4.69) is 5.32 Å².